The summed E-state index contributed by atoms with van der Waals surface area (Å²) in [5.41, 5.74) is 0.0445. The van der Waals surface area contributed by atoms with Gasteiger partial charge in [0, 0.05) is 25.7 Å². The third kappa shape index (κ3) is 4.00. The number of aliphatic hydroxyl groups excluding tert-OH is 1. The summed E-state index contributed by atoms with van der Waals surface area (Å²) in [5, 5.41) is 21.2. The molecule has 0 bridgehead atoms. The lowest BCUT2D eigenvalue weighted by molar-refractivity contribution is -0.139. The molecule has 2 amide bonds. The van der Waals surface area contributed by atoms with Crippen LogP contribution in [0.2, 0.25) is 5.02 Å². The smallest absolute Gasteiger partial charge is 0.409 e. The first-order chi connectivity index (χ1) is 13.9. The first kappa shape index (κ1) is 20.2. The number of nitrogens with zero attached hydrogens (tertiary/aromatic N) is 3. The van der Waals surface area contributed by atoms with Crippen LogP contribution >= 0.6 is 11.6 Å². The van der Waals surface area contributed by atoms with Gasteiger partial charge >= 0.3 is 6.09 Å². The molecule has 8 nitrogen and oxygen atoms in total. The highest BCUT2D eigenvalue weighted by molar-refractivity contribution is 6.33. The molecule has 0 unspecified atom stereocenters. The molecule has 0 atom stereocenters. The van der Waals surface area contributed by atoms with Gasteiger partial charge in [0.2, 0.25) is 5.91 Å². The monoisotopic (exact) mass is 422 g/mol. The summed E-state index contributed by atoms with van der Waals surface area (Å²) < 4.78 is 0. The molecule has 1 aromatic rings. The molecule has 1 aromatic heterocycles. The predicted octanol–water partition coefficient (Wildman–Crippen LogP) is 2.95. The molecule has 1 saturated carbocycles. The van der Waals surface area contributed by atoms with E-state index in [-0.39, 0.29) is 23.5 Å². The van der Waals surface area contributed by atoms with E-state index in [0.717, 1.165) is 51.5 Å². The van der Waals surface area contributed by atoms with Gasteiger partial charge in [-0.25, -0.2) is 9.78 Å². The highest BCUT2D eigenvalue weighted by Crippen LogP contribution is 2.44. The second kappa shape index (κ2) is 7.99. The molecular weight excluding hydrogens is 396 g/mol. The number of likely N-dealkylation sites (tertiary alicyclic amines) is 1. The number of carbonyl (C=O) groups excluding carboxylic acids is 1. The van der Waals surface area contributed by atoms with E-state index in [1.807, 2.05) is 0 Å². The van der Waals surface area contributed by atoms with Gasteiger partial charge < -0.3 is 20.0 Å². The van der Waals surface area contributed by atoms with Gasteiger partial charge in [-0.15, -0.1) is 0 Å². The third-order valence-electron chi connectivity index (χ3n) is 6.75. The van der Waals surface area contributed by atoms with Gasteiger partial charge in [0.25, 0.3) is 0 Å². The van der Waals surface area contributed by atoms with E-state index in [1.54, 1.807) is 6.07 Å². The van der Waals surface area contributed by atoms with E-state index < -0.39 is 6.09 Å². The summed E-state index contributed by atoms with van der Waals surface area (Å²) >= 11 is 6.33. The molecule has 2 aliphatic heterocycles. The summed E-state index contributed by atoms with van der Waals surface area (Å²) in [5.74, 6) is 0.902. The Balaban J connectivity index is 1.39. The number of nitrogens with one attached hydrogen (secondary N) is 1. The number of hydrogen-bond donors (Lipinski definition) is 3. The van der Waals surface area contributed by atoms with E-state index in [2.05, 4.69) is 20.1 Å². The van der Waals surface area contributed by atoms with Gasteiger partial charge in [-0.2, -0.15) is 0 Å². The maximum atomic E-state index is 13.3. The topological polar surface area (TPSA) is 106 Å². The standard InChI is InChI=1S/C20H27ClN4O4/c21-16-11-13(23-19(28)29)12-22-17(16)24-8-5-20(6-9-24)7-10-25(18(20)27)14-1-3-15(26)4-2-14/h11-12,14-15,23,26H,1-10H2,(H,28,29). The molecule has 4 rings (SSSR count). The summed E-state index contributed by atoms with van der Waals surface area (Å²) in [6.45, 7) is 2.21. The van der Waals surface area contributed by atoms with Crippen molar-refractivity contribution in [2.45, 2.75) is 57.1 Å². The minimum atomic E-state index is -1.16. The van der Waals surface area contributed by atoms with Gasteiger partial charge in [0.1, 0.15) is 5.82 Å². The van der Waals surface area contributed by atoms with Crippen molar-refractivity contribution in [3.8, 4) is 0 Å². The number of halogens is 1. The van der Waals surface area contributed by atoms with Crippen molar-refractivity contribution in [2.75, 3.05) is 29.9 Å². The molecule has 3 fully saturated rings. The van der Waals surface area contributed by atoms with E-state index >= 15 is 0 Å². The van der Waals surface area contributed by atoms with E-state index in [4.69, 9.17) is 16.7 Å². The Morgan fingerprint density at radius 1 is 1.17 bits per heavy atom. The van der Waals surface area contributed by atoms with Crippen molar-refractivity contribution in [3.05, 3.63) is 17.3 Å². The SMILES string of the molecule is O=C(O)Nc1cnc(N2CCC3(CC2)CCN(C2CCC(O)CC2)C3=O)c(Cl)c1. The summed E-state index contributed by atoms with van der Waals surface area (Å²) in [7, 11) is 0. The number of amides is 2. The quantitative estimate of drug-likeness (QED) is 0.691. The Hall–Kier alpha value is -2.06. The first-order valence-corrected chi connectivity index (χ1v) is 10.7. The van der Waals surface area contributed by atoms with Crippen LogP contribution in [-0.4, -0.2) is 63.9 Å². The second-order valence-electron chi connectivity index (χ2n) is 8.44. The minimum absolute atomic E-state index is 0.213. The molecule has 1 spiro atoms. The normalized spacial score (nSPS) is 26.8. The van der Waals surface area contributed by atoms with Crippen LogP contribution in [0.4, 0.5) is 16.3 Å². The fraction of sp³-hybridized carbons (Fsp3) is 0.650. The highest BCUT2D eigenvalue weighted by atomic mass is 35.5. The summed E-state index contributed by atoms with van der Waals surface area (Å²) in [6.07, 6.45) is 5.87. The van der Waals surface area contributed by atoms with Gasteiger partial charge in [-0.05, 0) is 51.0 Å². The number of aliphatic hydroxyl groups is 1. The first-order valence-electron chi connectivity index (χ1n) is 10.3. The highest BCUT2D eigenvalue weighted by Gasteiger charge is 2.50. The van der Waals surface area contributed by atoms with Crippen LogP contribution < -0.4 is 10.2 Å². The number of hydrogen-bond acceptors (Lipinski definition) is 5. The Labute approximate surface area is 174 Å². The zero-order chi connectivity index (χ0) is 20.6. The Kier molecular flexibility index (Phi) is 5.57. The molecular formula is C20H27ClN4O4. The van der Waals surface area contributed by atoms with E-state index in [0.29, 0.717) is 29.6 Å². The Bertz CT molecular complexity index is 789. The van der Waals surface area contributed by atoms with Crippen molar-refractivity contribution in [2.24, 2.45) is 5.41 Å². The lowest BCUT2D eigenvalue weighted by atomic mass is 9.77. The zero-order valence-corrected chi connectivity index (χ0v) is 17.1. The molecule has 0 aromatic carbocycles. The maximum Gasteiger partial charge on any atom is 0.409 e. The van der Waals surface area contributed by atoms with Crippen molar-refractivity contribution in [1.82, 2.24) is 9.88 Å². The van der Waals surface area contributed by atoms with Crippen LogP contribution in [0.1, 0.15) is 44.9 Å². The lowest BCUT2D eigenvalue weighted by Crippen LogP contribution is -2.47. The summed E-state index contributed by atoms with van der Waals surface area (Å²) in [4.78, 5) is 32.5. The summed E-state index contributed by atoms with van der Waals surface area (Å²) in [6, 6.07) is 1.83. The molecule has 158 valence electrons. The minimum Gasteiger partial charge on any atom is -0.465 e. The number of carboxylic acid groups (broad SMARTS) is 1. The number of piperidine rings is 1. The van der Waals surface area contributed by atoms with Gasteiger partial charge in [0.05, 0.1) is 28.4 Å². The van der Waals surface area contributed by atoms with Crippen molar-refractivity contribution in [1.29, 1.82) is 0 Å². The third-order valence-corrected chi connectivity index (χ3v) is 7.02. The molecule has 1 aliphatic carbocycles. The maximum absolute atomic E-state index is 13.3. The van der Waals surface area contributed by atoms with Gasteiger partial charge in [-0.1, -0.05) is 11.6 Å². The van der Waals surface area contributed by atoms with Crippen molar-refractivity contribution >= 4 is 35.1 Å². The van der Waals surface area contributed by atoms with Crippen molar-refractivity contribution in [3.63, 3.8) is 0 Å². The average molecular weight is 423 g/mol. The molecule has 3 N–H and O–H groups in total. The van der Waals surface area contributed by atoms with Crippen molar-refractivity contribution < 1.29 is 19.8 Å². The Morgan fingerprint density at radius 3 is 2.45 bits per heavy atom. The van der Waals surface area contributed by atoms with Gasteiger partial charge in [-0.3, -0.25) is 10.1 Å². The fourth-order valence-corrected chi connectivity index (χ4v) is 5.32. The number of anilines is 2. The molecule has 3 heterocycles. The molecule has 0 radical (unpaired) electrons. The van der Waals surface area contributed by atoms with Crippen LogP contribution in [0.25, 0.3) is 0 Å². The van der Waals surface area contributed by atoms with Crippen LogP contribution in [0.15, 0.2) is 12.3 Å². The van der Waals surface area contributed by atoms with Crippen LogP contribution in [0.5, 0.6) is 0 Å². The number of rotatable bonds is 3. The van der Waals surface area contributed by atoms with Gasteiger partial charge in [0.15, 0.2) is 0 Å². The lowest BCUT2D eigenvalue weighted by Gasteiger charge is -2.40. The zero-order valence-electron chi connectivity index (χ0n) is 16.3. The van der Waals surface area contributed by atoms with E-state index in [9.17, 15) is 14.7 Å². The number of carbonyl (C=O) groups is 2. The van der Waals surface area contributed by atoms with Crippen LogP contribution in [0.3, 0.4) is 0 Å². The average Bonchev–Trinajstić information content (AvgIpc) is 2.99. The molecule has 9 heteroatoms. The van der Waals surface area contributed by atoms with Crippen LogP contribution in [0, 0.1) is 5.41 Å². The Morgan fingerprint density at radius 2 is 1.83 bits per heavy atom. The molecule has 3 aliphatic rings. The second-order valence-corrected chi connectivity index (χ2v) is 8.85. The fourth-order valence-electron chi connectivity index (χ4n) is 5.03. The molecule has 29 heavy (non-hydrogen) atoms. The largest absolute Gasteiger partial charge is 0.465 e. The predicted molar refractivity (Wildman–Crippen MR) is 109 cm³/mol. The molecule has 2 saturated heterocycles. The number of aromatic nitrogens is 1. The van der Waals surface area contributed by atoms with E-state index in [1.165, 1.54) is 6.20 Å². The number of pyridine rings is 1. The van der Waals surface area contributed by atoms with Crippen LogP contribution in [-0.2, 0) is 4.79 Å².